The van der Waals surface area contributed by atoms with E-state index in [1.807, 2.05) is 13.1 Å². The fourth-order valence-electron chi connectivity index (χ4n) is 3.50. The normalized spacial score (nSPS) is 14.4. The van der Waals surface area contributed by atoms with Gasteiger partial charge in [-0.1, -0.05) is 19.1 Å². The van der Waals surface area contributed by atoms with Crippen LogP contribution in [0.5, 0.6) is 0 Å². The van der Waals surface area contributed by atoms with Crippen molar-refractivity contribution >= 4 is 41.0 Å². The Hall–Kier alpha value is -1.35. The highest BCUT2D eigenvalue weighted by atomic mass is 127. The first-order valence-electron chi connectivity index (χ1n) is 9.83. The number of aliphatic imine (C=N–C) groups is 1. The highest BCUT2D eigenvalue weighted by Gasteiger charge is 2.27. The molecular weight excluding hydrogens is 451 g/mol. The number of imidazole rings is 1. The fraction of sp³-hybridized carbons (Fsp3) is 0.600. The van der Waals surface area contributed by atoms with E-state index in [9.17, 15) is 0 Å². The van der Waals surface area contributed by atoms with Crippen LogP contribution >= 0.6 is 24.0 Å². The minimum atomic E-state index is 0. The molecule has 1 fully saturated rings. The highest BCUT2D eigenvalue weighted by Crippen LogP contribution is 2.25. The van der Waals surface area contributed by atoms with Gasteiger partial charge in [0.1, 0.15) is 5.82 Å². The van der Waals surface area contributed by atoms with Crippen molar-refractivity contribution in [3.63, 3.8) is 0 Å². The van der Waals surface area contributed by atoms with Gasteiger partial charge in [-0.3, -0.25) is 9.89 Å². The van der Waals surface area contributed by atoms with Crippen molar-refractivity contribution < 1.29 is 0 Å². The first-order valence-corrected chi connectivity index (χ1v) is 9.83. The average Bonchev–Trinajstić information content (AvgIpc) is 3.44. The molecule has 2 N–H and O–H groups in total. The van der Waals surface area contributed by atoms with E-state index >= 15 is 0 Å². The van der Waals surface area contributed by atoms with Crippen LogP contribution in [0, 0.1) is 6.92 Å². The van der Waals surface area contributed by atoms with Crippen LogP contribution in [0.15, 0.2) is 29.3 Å². The second-order valence-corrected chi connectivity index (χ2v) is 6.94. The zero-order valence-electron chi connectivity index (χ0n) is 16.7. The molecule has 3 rings (SSSR count). The molecule has 7 heteroatoms. The third-order valence-electron chi connectivity index (χ3n) is 5.08. The summed E-state index contributed by atoms with van der Waals surface area (Å²) in [5.41, 5.74) is 2.29. The molecule has 0 unspecified atom stereocenters. The zero-order valence-corrected chi connectivity index (χ0v) is 19.1. The number of nitrogens with one attached hydrogen (secondary N) is 2. The van der Waals surface area contributed by atoms with Crippen molar-refractivity contribution in [2.45, 2.75) is 45.7 Å². The van der Waals surface area contributed by atoms with Gasteiger partial charge < -0.3 is 15.2 Å². The van der Waals surface area contributed by atoms with Gasteiger partial charge in [0.05, 0.1) is 11.0 Å². The number of halogens is 1. The van der Waals surface area contributed by atoms with Crippen LogP contribution in [0.4, 0.5) is 0 Å². The Kier molecular flexibility index (Phi) is 8.82. The minimum absolute atomic E-state index is 0. The molecule has 0 bridgehead atoms. The monoisotopic (exact) mass is 484 g/mol. The van der Waals surface area contributed by atoms with E-state index in [0.717, 1.165) is 62.5 Å². The third-order valence-corrected chi connectivity index (χ3v) is 5.08. The molecule has 0 atom stereocenters. The van der Waals surface area contributed by atoms with Crippen molar-refractivity contribution in [3.8, 4) is 0 Å². The molecule has 1 aromatic carbocycles. The Labute approximate surface area is 179 Å². The van der Waals surface area contributed by atoms with E-state index in [4.69, 9.17) is 0 Å². The number of hydrogen-bond donors (Lipinski definition) is 2. The number of likely N-dealkylation sites (N-methyl/N-ethyl adjacent to an activating group) is 1. The maximum Gasteiger partial charge on any atom is 0.191 e. The van der Waals surface area contributed by atoms with E-state index in [-0.39, 0.29) is 24.0 Å². The minimum Gasteiger partial charge on any atom is -0.356 e. The summed E-state index contributed by atoms with van der Waals surface area (Å²) < 4.78 is 2.29. The molecule has 0 saturated heterocycles. The molecule has 1 aliphatic carbocycles. The first kappa shape index (κ1) is 21.9. The zero-order chi connectivity index (χ0) is 18.4. The van der Waals surface area contributed by atoms with Crippen LogP contribution in [0.3, 0.4) is 0 Å². The summed E-state index contributed by atoms with van der Waals surface area (Å²) in [4.78, 5) is 11.5. The quantitative estimate of drug-likeness (QED) is 0.249. The SMILES string of the molecule is CCN(CCNC(=NC)NCCCn1c(C)nc2ccccc21)C1CC1.I. The number of rotatable bonds is 9. The van der Waals surface area contributed by atoms with Gasteiger partial charge in [-0.2, -0.15) is 0 Å². The number of nitrogens with zero attached hydrogens (tertiary/aromatic N) is 4. The molecule has 0 amide bonds. The van der Waals surface area contributed by atoms with Crippen LogP contribution in [0.1, 0.15) is 32.0 Å². The third kappa shape index (κ3) is 6.07. The summed E-state index contributed by atoms with van der Waals surface area (Å²) in [7, 11) is 1.83. The van der Waals surface area contributed by atoms with Gasteiger partial charge in [0.2, 0.25) is 0 Å². The first-order chi connectivity index (χ1) is 12.7. The topological polar surface area (TPSA) is 57.5 Å². The predicted molar refractivity (Wildman–Crippen MR) is 124 cm³/mol. The average molecular weight is 484 g/mol. The molecule has 1 heterocycles. The Morgan fingerprint density at radius 1 is 1.26 bits per heavy atom. The van der Waals surface area contributed by atoms with Crippen LogP contribution in [-0.4, -0.2) is 59.7 Å². The number of para-hydroxylation sites is 2. The molecule has 0 radical (unpaired) electrons. The van der Waals surface area contributed by atoms with Crippen LogP contribution in [0.2, 0.25) is 0 Å². The summed E-state index contributed by atoms with van der Waals surface area (Å²) in [6.45, 7) is 9.34. The second-order valence-electron chi connectivity index (χ2n) is 6.94. The lowest BCUT2D eigenvalue weighted by Crippen LogP contribution is -2.42. The molecule has 6 nitrogen and oxygen atoms in total. The van der Waals surface area contributed by atoms with Gasteiger partial charge in [-0.25, -0.2) is 4.98 Å². The number of fused-ring (bicyclic) bond motifs is 1. The number of aromatic nitrogens is 2. The molecule has 1 saturated carbocycles. The van der Waals surface area contributed by atoms with E-state index in [1.165, 1.54) is 18.4 Å². The van der Waals surface area contributed by atoms with E-state index in [0.29, 0.717) is 0 Å². The Bertz CT molecular complexity index is 737. The van der Waals surface area contributed by atoms with Gasteiger partial charge in [0.15, 0.2) is 5.96 Å². The maximum atomic E-state index is 4.63. The molecule has 1 aromatic heterocycles. The molecule has 150 valence electrons. The second kappa shape index (κ2) is 10.8. The van der Waals surface area contributed by atoms with Gasteiger partial charge in [-0.05, 0) is 44.9 Å². The predicted octanol–water partition coefficient (Wildman–Crippen LogP) is 3.00. The van der Waals surface area contributed by atoms with Crippen LogP contribution in [-0.2, 0) is 6.54 Å². The molecule has 2 aromatic rings. The van der Waals surface area contributed by atoms with Gasteiger partial charge in [-0.15, -0.1) is 24.0 Å². The van der Waals surface area contributed by atoms with E-state index in [2.05, 4.69) is 62.1 Å². The molecule has 0 spiro atoms. The molecular formula is C20H33IN6. The van der Waals surface area contributed by atoms with Crippen molar-refractivity contribution in [1.82, 2.24) is 25.1 Å². The summed E-state index contributed by atoms with van der Waals surface area (Å²) in [6, 6.07) is 9.15. The largest absolute Gasteiger partial charge is 0.356 e. The van der Waals surface area contributed by atoms with Crippen LogP contribution < -0.4 is 10.6 Å². The molecule has 0 aliphatic heterocycles. The van der Waals surface area contributed by atoms with Crippen molar-refractivity contribution in [1.29, 1.82) is 0 Å². The lowest BCUT2D eigenvalue weighted by Gasteiger charge is -2.20. The highest BCUT2D eigenvalue weighted by molar-refractivity contribution is 14.0. The lowest BCUT2D eigenvalue weighted by molar-refractivity contribution is 0.282. The summed E-state index contributed by atoms with van der Waals surface area (Å²) in [5, 5.41) is 6.85. The van der Waals surface area contributed by atoms with Crippen molar-refractivity contribution in [3.05, 3.63) is 30.1 Å². The number of hydrogen-bond acceptors (Lipinski definition) is 3. The molecule has 27 heavy (non-hydrogen) atoms. The summed E-state index contributed by atoms with van der Waals surface area (Å²) in [6.07, 6.45) is 3.76. The Morgan fingerprint density at radius 3 is 2.70 bits per heavy atom. The van der Waals surface area contributed by atoms with Crippen LogP contribution in [0.25, 0.3) is 11.0 Å². The van der Waals surface area contributed by atoms with Crippen molar-refractivity contribution in [2.75, 3.05) is 33.2 Å². The molecule has 1 aliphatic rings. The maximum absolute atomic E-state index is 4.63. The summed E-state index contributed by atoms with van der Waals surface area (Å²) in [5.74, 6) is 1.97. The van der Waals surface area contributed by atoms with Gasteiger partial charge >= 0.3 is 0 Å². The number of guanidine groups is 1. The summed E-state index contributed by atoms with van der Waals surface area (Å²) >= 11 is 0. The number of aryl methyl sites for hydroxylation is 2. The Balaban J connectivity index is 0.00000261. The fourth-order valence-corrected chi connectivity index (χ4v) is 3.50. The van der Waals surface area contributed by atoms with E-state index in [1.54, 1.807) is 0 Å². The lowest BCUT2D eigenvalue weighted by atomic mass is 10.3. The van der Waals surface area contributed by atoms with Gasteiger partial charge in [0.25, 0.3) is 0 Å². The van der Waals surface area contributed by atoms with E-state index < -0.39 is 0 Å². The smallest absolute Gasteiger partial charge is 0.191 e. The Morgan fingerprint density at radius 2 is 2.00 bits per heavy atom. The number of benzene rings is 1. The van der Waals surface area contributed by atoms with Crippen molar-refractivity contribution in [2.24, 2.45) is 4.99 Å². The van der Waals surface area contributed by atoms with Gasteiger partial charge in [0, 0.05) is 39.3 Å². The standard InChI is InChI=1S/C20H32N6.HI/c1-4-25(17-10-11-17)15-13-23-20(21-3)22-12-7-14-26-16(2)24-18-8-5-6-9-19(18)26;/h5-6,8-9,17H,4,7,10-15H2,1-3H3,(H2,21,22,23);1H.